The fraction of sp³-hybridized carbons (Fsp3) is 0.238. The highest BCUT2D eigenvalue weighted by Crippen LogP contribution is 2.28. The molecule has 0 atom stereocenters. The predicted molar refractivity (Wildman–Crippen MR) is 113 cm³/mol. The van der Waals surface area contributed by atoms with Crippen molar-refractivity contribution in [2.45, 2.75) is 30.4 Å². The van der Waals surface area contributed by atoms with Crippen molar-refractivity contribution >= 4 is 34.7 Å². The van der Waals surface area contributed by atoms with E-state index >= 15 is 0 Å². The summed E-state index contributed by atoms with van der Waals surface area (Å²) in [6.45, 7) is 4.06. The Balaban J connectivity index is 1.56. The molecule has 1 heterocycles. The van der Waals surface area contributed by atoms with E-state index in [-0.39, 0.29) is 12.3 Å². The number of aromatic nitrogens is 1. The molecule has 0 aliphatic carbocycles. The van der Waals surface area contributed by atoms with Gasteiger partial charge in [-0.1, -0.05) is 47.7 Å². The number of methoxy groups -OCH3 is 1. The third-order valence-electron chi connectivity index (χ3n) is 3.98. The lowest BCUT2D eigenvalue weighted by Crippen LogP contribution is -2.15. The molecule has 0 bridgehead atoms. The topological polar surface area (TPSA) is 51.2 Å². The quantitative estimate of drug-likeness (QED) is 0.553. The number of nitrogens with zero attached hydrogens (tertiary/aromatic N) is 1. The molecule has 0 saturated heterocycles. The van der Waals surface area contributed by atoms with Crippen molar-refractivity contribution in [3.05, 3.63) is 70.2 Å². The number of carbonyl (C=O) groups is 1. The number of thiazole rings is 1. The maximum atomic E-state index is 12.4. The number of hydrogen-bond acceptors (Lipinski definition) is 5. The van der Waals surface area contributed by atoms with E-state index in [9.17, 15) is 4.79 Å². The molecule has 4 nitrogen and oxygen atoms in total. The van der Waals surface area contributed by atoms with E-state index in [4.69, 9.17) is 4.74 Å². The molecule has 2 aromatic carbocycles. The SMILES string of the molecule is COc1ccc(C)cc1NC(=O)Cc1csc(SCc2ccc(C)cc2)n1. The Bertz CT molecular complexity index is 920. The number of benzene rings is 2. The van der Waals surface area contributed by atoms with Gasteiger partial charge in [0.1, 0.15) is 10.1 Å². The van der Waals surface area contributed by atoms with Gasteiger partial charge >= 0.3 is 0 Å². The van der Waals surface area contributed by atoms with Gasteiger partial charge in [-0.3, -0.25) is 4.79 Å². The van der Waals surface area contributed by atoms with Crippen molar-refractivity contribution in [1.29, 1.82) is 0 Å². The van der Waals surface area contributed by atoms with Crippen LogP contribution in [0.3, 0.4) is 0 Å². The highest BCUT2D eigenvalue weighted by atomic mass is 32.2. The number of rotatable bonds is 7. The Labute approximate surface area is 168 Å². The number of aryl methyl sites for hydroxylation is 2. The molecule has 0 saturated carbocycles. The summed E-state index contributed by atoms with van der Waals surface area (Å²) in [6, 6.07) is 14.2. The van der Waals surface area contributed by atoms with Crippen LogP contribution in [0.2, 0.25) is 0 Å². The van der Waals surface area contributed by atoms with E-state index in [0.29, 0.717) is 11.4 Å². The van der Waals surface area contributed by atoms with Gasteiger partial charge < -0.3 is 10.1 Å². The number of anilines is 1. The van der Waals surface area contributed by atoms with Crippen molar-refractivity contribution in [2.75, 3.05) is 12.4 Å². The molecule has 6 heteroatoms. The van der Waals surface area contributed by atoms with E-state index in [1.54, 1.807) is 30.2 Å². The molecule has 1 N–H and O–H groups in total. The summed E-state index contributed by atoms with van der Waals surface area (Å²) >= 11 is 3.27. The smallest absolute Gasteiger partial charge is 0.230 e. The predicted octanol–water partition coefficient (Wildman–Crippen LogP) is 5.24. The molecule has 0 unspecified atom stereocenters. The van der Waals surface area contributed by atoms with Gasteiger partial charge in [-0.2, -0.15) is 0 Å². The summed E-state index contributed by atoms with van der Waals surface area (Å²) in [7, 11) is 1.60. The molecule has 0 spiro atoms. The van der Waals surface area contributed by atoms with Gasteiger partial charge in [0.05, 0.1) is 24.9 Å². The molecule has 0 fully saturated rings. The van der Waals surface area contributed by atoms with Crippen LogP contribution in [0.4, 0.5) is 5.69 Å². The Morgan fingerprint density at radius 1 is 1.15 bits per heavy atom. The van der Waals surface area contributed by atoms with Gasteiger partial charge in [0, 0.05) is 11.1 Å². The lowest BCUT2D eigenvalue weighted by molar-refractivity contribution is -0.115. The summed E-state index contributed by atoms with van der Waals surface area (Å²) in [5.74, 6) is 1.43. The van der Waals surface area contributed by atoms with Gasteiger partial charge in [0.15, 0.2) is 0 Å². The van der Waals surface area contributed by atoms with Gasteiger partial charge in [-0.25, -0.2) is 4.98 Å². The molecule has 1 aromatic heterocycles. The molecular formula is C21H22N2O2S2. The molecule has 140 valence electrons. The summed E-state index contributed by atoms with van der Waals surface area (Å²) in [5.41, 5.74) is 5.07. The Morgan fingerprint density at radius 3 is 2.63 bits per heavy atom. The van der Waals surface area contributed by atoms with Crippen molar-refractivity contribution in [2.24, 2.45) is 0 Å². The van der Waals surface area contributed by atoms with Crippen LogP contribution in [0.15, 0.2) is 52.2 Å². The Kier molecular flexibility index (Phi) is 6.53. The minimum atomic E-state index is -0.0979. The monoisotopic (exact) mass is 398 g/mol. The Hall–Kier alpha value is -2.31. The van der Waals surface area contributed by atoms with Crippen molar-refractivity contribution in [1.82, 2.24) is 4.98 Å². The van der Waals surface area contributed by atoms with Crippen LogP contribution in [0.1, 0.15) is 22.4 Å². The molecule has 3 rings (SSSR count). The van der Waals surface area contributed by atoms with Crippen molar-refractivity contribution in [3.63, 3.8) is 0 Å². The van der Waals surface area contributed by atoms with Crippen molar-refractivity contribution < 1.29 is 9.53 Å². The van der Waals surface area contributed by atoms with Crippen molar-refractivity contribution in [3.8, 4) is 5.75 Å². The zero-order chi connectivity index (χ0) is 19.2. The summed E-state index contributed by atoms with van der Waals surface area (Å²) in [4.78, 5) is 16.9. The van der Waals surface area contributed by atoms with E-state index in [1.165, 1.54) is 11.1 Å². The summed E-state index contributed by atoms with van der Waals surface area (Å²) in [5, 5.41) is 4.87. The van der Waals surface area contributed by atoms with Gasteiger partial charge in [0.25, 0.3) is 0 Å². The normalized spacial score (nSPS) is 10.6. The molecular weight excluding hydrogens is 376 g/mol. The zero-order valence-electron chi connectivity index (χ0n) is 15.6. The second kappa shape index (κ2) is 9.06. The molecule has 3 aromatic rings. The highest BCUT2D eigenvalue weighted by Gasteiger charge is 2.11. The van der Waals surface area contributed by atoms with Crippen LogP contribution in [-0.4, -0.2) is 18.0 Å². The molecule has 27 heavy (non-hydrogen) atoms. The lowest BCUT2D eigenvalue weighted by Gasteiger charge is -2.10. The number of amides is 1. The third kappa shape index (κ3) is 5.58. The second-order valence-electron chi connectivity index (χ2n) is 6.31. The van der Waals surface area contributed by atoms with Crippen LogP contribution in [-0.2, 0) is 17.0 Å². The standard InChI is InChI=1S/C21H22N2O2S2/c1-14-4-7-16(8-5-14)12-26-21-22-17(13-27-21)11-20(24)23-18-10-15(2)6-9-19(18)25-3/h4-10,13H,11-12H2,1-3H3,(H,23,24). The summed E-state index contributed by atoms with van der Waals surface area (Å²) < 4.78 is 6.28. The maximum Gasteiger partial charge on any atom is 0.230 e. The minimum Gasteiger partial charge on any atom is -0.495 e. The first-order chi connectivity index (χ1) is 13.0. The average molecular weight is 399 g/mol. The number of nitrogens with one attached hydrogen (secondary N) is 1. The van der Waals surface area contributed by atoms with E-state index in [2.05, 4.69) is 41.5 Å². The first-order valence-corrected chi connectivity index (χ1v) is 10.5. The summed E-state index contributed by atoms with van der Waals surface area (Å²) in [6.07, 6.45) is 0.249. The first-order valence-electron chi connectivity index (χ1n) is 8.61. The van der Waals surface area contributed by atoms with Gasteiger partial charge in [-0.15, -0.1) is 11.3 Å². The minimum absolute atomic E-state index is 0.0979. The van der Waals surface area contributed by atoms with Gasteiger partial charge in [-0.05, 0) is 37.1 Å². The van der Waals surface area contributed by atoms with E-state index < -0.39 is 0 Å². The number of carbonyl (C=O) groups excluding carboxylic acids is 1. The number of hydrogen-bond donors (Lipinski definition) is 1. The number of thioether (sulfide) groups is 1. The van der Waals surface area contributed by atoms with Gasteiger partial charge in [0.2, 0.25) is 5.91 Å². The largest absolute Gasteiger partial charge is 0.495 e. The second-order valence-corrected chi connectivity index (χ2v) is 8.39. The maximum absolute atomic E-state index is 12.4. The van der Waals surface area contributed by atoms with Crippen LogP contribution in [0.5, 0.6) is 5.75 Å². The first kappa shape index (κ1) is 19.5. The number of ether oxygens (including phenoxy) is 1. The Morgan fingerprint density at radius 2 is 1.89 bits per heavy atom. The molecule has 0 aliphatic rings. The lowest BCUT2D eigenvalue weighted by atomic mass is 10.2. The van der Waals surface area contributed by atoms with Crippen LogP contribution in [0, 0.1) is 13.8 Å². The van der Waals surface area contributed by atoms with Crippen LogP contribution in [0.25, 0.3) is 0 Å². The molecule has 0 aliphatic heterocycles. The fourth-order valence-corrected chi connectivity index (χ4v) is 4.34. The third-order valence-corrected chi connectivity index (χ3v) is 6.13. The molecule has 1 amide bonds. The average Bonchev–Trinajstić information content (AvgIpc) is 3.08. The molecule has 0 radical (unpaired) electrons. The van der Waals surface area contributed by atoms with E-state index in [1.807, 2.05) is 30.5 Å². The van der Waals surface area contributed by atoms with Crippen LogP contribution < -0.4 is 10.1 Å². The highest BCUT2D eigenvalue weighted by molar-refractivity contribution is 8.00. The zero-order valence-corrected chi connectivity index (χ0v) is 17.2. The van der Waals surface area contributed by atoms with E-state index in [0.717, 1.165) is 21.3 Å². The fourth-order valence-electron chi connectivity index (χ4n) is 2.54. The van der Waals surface area contributed by atoms with Crippen LogP contribution >= 0.6 is 23.1 Å².